The van der Waals surface area contributed by atoms with Gasteiger partial charge in [-0.25, -0.2) is 4.79 Å². The molecule has 1 heterocycles. The fraction of sp³-hybridized carbons (Fsp3) is 0.222. The number of esters is 1. The summed E-state index contributed by atoms with van der Waals surface area (Å²) >= 11 is 0. The Labute approximate surface area is 154 Å². The Morgan fingerprint density at radius 1 is 1.33 bits per heavy atom. The first-order valence-corrected chi connectivity index (χ1v) is 8.06. The third-order valence-corrected chi connectivity index (χ3v) is 3.99. The van der Waals surface area contributed by atoms with Crippen LogP contribution in [0.4, 0.5) is 17.1 Å². The summed E-state index contributed by atoms with van der Waals surface area (Å²) in [5.74, 6) is -0.387. The standard InChI is InChI=1S/C18H17N3O6/c1-11-3-5-16-13(7-11)20(10-18(23)27-16)9-17(22)19-12-4-6-15(26-2)14(8-12)21(24)25/h3-8H,9-10H2,1-2H3,(H,19,22). The summed E-state index contributed by atoms with van der Waals surface area (Å²) in [5, 5.41) is 13.7. The van der Waals surface area contributed by atoms with Crippen LogP contribution in [0.15, 0.2) is 36.4 Å². The maximum atomic E-state index is 12.4. The van der Waals surface area contributed by atoms with Crippen molar-refractivity contribution in [2.24, 2.45) is 0 Å². The predicted octanol–water partition coefficient (Wildman–Crippen LogP) is 2.28. The van der Waals surface area contributed by atoms with Gasteiger partial charge in [0.1, 0.15) is 6.54 Å². The molecule has 0 aliphatic carbocycles. The average Bonchev–Trinajstić information content (AvgIpc) is 2.62. The largest absolute Gasteiger partial charge is 0.490 e. The molecule has 9 nitrogen and oxygen atoms in total. The second kappa shape index (κ2) is 7.32. The van der Waals surface area contributed by atoms with E-state index in [0.717, 1.165) is 5.56 Å². The molecule has 1 N–H and O–H groups in total. The second-order valence-corrected chi connectivity index (χ2v) is 5.99. The molecule has 2 aromatic carbocycles. The van der Waals surface area contributed by atoms with E-state index in [9.17, 15) is 19.7 Å². The number of nitro benzene ring substituents is 1. The Hall–Kier alpha value is -3.62. The van der Waals surface area contributed by atoms with Crippen molar-refractivity contribution in [3.05, 3.63) is 52.1 Å². The third kappa shape index (κ3) is 3.97. The van der Waals surface area contributed by atoms with Gasteiger partial charge in [-0.2, -0.15) is 0 Å². The van der Waals surface area contributed by atoms with E-state index in [1.165, 1.54) is 25.3 Å². The number of methoxy groups -OCH3 is 1. The summed E-state index contributed by atoms with van der Waals surface area (Å²) < 4.78 is 10.1. The molecule has 0 radical (unpaired) electrons. The lowest BCUT2D eigenvalue weighted by Gasteiger charge is -2.29. The molecule has 0 fully saturated rings. The van der Waals surface area contributed by atoms with Crippen molar-refractivity contribution in [1.29, 1.82) is 0 Å². The number of carbonyl (C=O) groups excluding carboxylic acids is 2. The smallest absolute Gasteiger partial charge is 0.331 e. The van der Waals surface area contributed by atoms with E-state index in [0.29, 0.717) is 11.4 Å². The number of nitrogens with zero attached hydrogens (tertiary/aromatic N) is 2. The Morgan fingerprint density at radius 3 is 2.81 bits per heavy atom. The molecule has 1 aliphatic rings. The molecule has 1 amide bonds. The molecule has 3 rings (SSSR count). The van der Waals surface area contributed by atoms with E-state index >= 15 is 0 Å². The quantitative estimate of drug-likeness (QED) is 0.371. The lowest BCUT2D eigenvalue weighted by molar-refractivity contribution is -0.385. The van der Waals surface area contributed by atoms with Gasteiger partial charge < -0.3 is 19.7 Å². The number of ether oxygens (including phenoxy) is 2. The highest BCUT2D eigenvalue weighted by molar-refractivity contribution is 5.96. The van der Waals surface area contributed by atoms with Gasteiger partial charge >= 0.3 is 11.7 Å². The zero-order valence-electron chi connectivity index (χ0n) is 14.7. The molecule has 0 spiro atoms. The number of anilines is 2. The van der Waals surface area contributed by atoms with Gasteiger partial charge in [0.15, 0.2) is 11.5 Å². The molecule has 0 atom stereocenters. The Balaban J connectivity index is 1.77. The topological polar surface area (TPSA) is 111 Å². The van der Waals surface area contributed by atoms with E-state index in [2.05, 4.69) is 5.32 Å². The molecule has 0 saturated heterocycles. The Bertz CT molecular complexity index is 927. The molecule has 9 heteroatoms. The molecule has 0 saturated carbocycles. The lowest BCUT2D eigenvalue weighted by atomic mass is 10.1. The van der Waals surface area contributed by atoms with Gasteiger partial charge in [-0.05, 0) is 36.8 Å². The van der Waals surface area contributed by atoms with Crippen LogP contribution in [0.3, 0.4) is 0 Å². The minimum Gasteiger partial charge on any atom is -0.490 e. The van der Waals surface area contributed by atoms with Crippen LogP contribution in [0.1, 0.15) is 5.56 Å². The Kier molecular flexibility index (Phi) is 4.93. The van der Waals surface area contributed by atoms with E-state index in [1.54, 1.807) is 11.0 Å². The van der Waals surface area contributed by atoms with E-state index in [1.807, 2.05) is 19.1 Å². The molecule has 140 valence electrons. The number of amides is 1. The van der Waals surface area contributed by atoms with Gasteiger partial charge in [-0.1, -0.05) is 6.07 Å². The van der Waals surface area contributed by atoms with Gasteiger partial charge in [-0.15, -0.1) is 0 Å². The lowest BCUT2D eigenvalue weighted by Crippen LogP contribution is -2.41. The normalized spacial score (nSPS) is 12.8. The zero-order valence-corrected chi connectivity index (χ0v) is 14.7. The van der Waals surface area contributed by atoms with Crippen LogP contribution in [-0.2, 0) is 9.59 Å². The minimum atomic E-state index is -0.589. The van der Waals surface area contributed by atoms with Crippen LogP contribution in [0, 0.1) is 17.0 Å². The Morgan fingerprint density at radius 2 is 2.11 bits per heavy atom. The van der Waals surface area contributed by atoms with Crippen LogP contribution in [0.25, 0.3) is 0 Å². The van der Waals surface area contributed by atoms with Crippen molar-refractivity contribution in [1.82, 2.24) is 0 Å². The van der Waals surface area contributed by atoms with Crippen molar-refractivity contribution in [2.45, 2.75) is 6.92 Å². The summed E-state index contributed by atoms with van der Waals surface area (Å²) in [4.78, 5) is 36.3. The van der Waals surface area contributed by atoms with E-state index in [-0.39, 0.29) is 30.2 Å². The first-order chi connectivity index (χ1) is 12.9. The van der Waals surface area contributed by atoms with Crippen molar-refractivity contribution in [2.75, 3.05) is 30.4 Å². The third-order valence-electron chi connectivity index (χ3n) is 3.99. The molecule has 0 aromatic heterocycles. The number of fused-ring (bicyclic) bond motifs is 1. The summed E-state index contributed by atoms with van der Waals surface area (Å²) in [5.41, 5.74) is 1.61. The number of carbonyl (C=O) groups is 2. The van der Waals surface area contributed by atoms with Gasteiger partial charge in [0.05, 0.1) is 24.3 Å². The second-order valence-electron chi connectivity index (χ2n) is 5.99. The fourth-order valence-corrected chi connectivity index (χ4v) is 2.78. The molecular weight excluding hydrogens is 354 g/mol. The number of nitro groups is 1. The number of hydrogen-bond acceptors (Lipinski definition) is 7. The van der Waals surface area contributed by atoms with Crippen LogP contribution < -0.4 is 19.7 Å². The molecule has 2 aromatic rings. The minimum absolute atomic E-state index is 0.0629. The van der Waals surface area contributed by atoms with Crippen molar-refractivity contribution in [3.63, 3.8) is 0 Å². The SMILES string of the molecule is COc1ccc(NC(=O)CN2CC(=O)Oc3ccc(C)cc32)cc1[N+](=O)[O-]. The molecular formula is C18H17N3O6. The van der Waals surface area contributed by atoms with Gasteiger partial charge in [0.2, 0.25) is 5.91 Å². The summed E-state index contributed by atoms with van der Waals surface area (Å²) in [6.07, 6.45) is 0. The number of nitrogens with one attached hydrogen (secondary N) is 1. The number of hydrogen-bond donors (Lipinski definition) is 1. The first-order valence-electron chi connectivity index (χ1n) is 8.06. The molecule has 27 heavy (non-hydrogen) atoms. The fourth-order valence-electron chi connectivity index (χ4n) is 2.78. The molecule has 0 unspecified atom stereocenters. The van der Waals surface area contributed by atoms with Gasteiger partial charge in [0, 0.05) is 11.8 Å². The van der Waals surface area contributed by atoms with Crippen LogP contribution in [0.2, 0.25) is 0 Å². The van der Waals surface area contributed by atoms with Crippen LogP contribution in [-0.4, -0.2) is 37.0 Å². The van der Waals surface area contributed by atoms with Crippen LogP contribution in [0.5, 0.6) is 11.5 Å². The summed E-state index contributed by atoms with van der Waals surface area (Å²) in [6.45, 7) is 1.73. The zero-order chi connectivity index (χ0) is 19.6. The van der Waals surface area contributed by atoms with Gasteiger partial charge in [-0.3, -0.25) is 14.9 Å². The van der Waals surface area contributed by atoms with E-state index in [4.69, 9.17) is 9.47 Å². The first kappa shape index (κ1) is 18.2. The number of aryl methyl sites for hydroxylation is 1. The van der Waals surface area contributed by atoms with Gasteiger partial charge in [0.25, 0.3) is 0 Å². The van der Waals surface area contributed by atoms with Crippen LogP contribution >= 0.6 is 0 Å². The highest BCUT2D eigenvalue weighted by Crippen LogP contribution is 2.33. The molecule has 0 bridgehead atoms. The highest BCUT2D eigenvalue weighted by Gasteiger charge is 2.26. The monoisotopic (exact) mass is 371 g/mol. The van der Waals surface area contributed by atoms with Crippen molar-refractivity contribution in [3.8, 4) is 11.5 Å². The van der Waals surface area contributed by atoms with Crippen molar-refractivity contribution >= 4 is 28.9 Å². The summed E-state index contributed by atoms with van der Waals surface area (Å²) in [7, 11) is 1.33. The van der Waals surface area contributed by atoms with E-state index < -0.39 is 16.8 Å². The predicted molar refractivity (Wildman–Crippen MR) is 97.3 cm³/mol. The highest BCUT2D eigenvalue weighted by atomic mass is 16.6. The maximum Gasteiger partial charge on any atom is 0.331 e. The number of rotatable bonds is 5. The number of benzene rings is 2. The van der Waals surface area contributed by atoms with Crippen molar-refractivity contribution < 1.29 is 24.0 Å². The average molecular weight is 371 g/mol. The summed E-state index contributed by atoms with van der Waals surface area (Å²) in [6, 6.07) is 9.45. The maximum absolute atomic E-state index is 12.4. The molecule has 1 aliphatic heterocycles.